The van der Waals surface area contributed by atoms with Crippen LogP contribution in [0.5, 0.6) is 0 Å². The van der Waals surface area contributed by atoms with Crippen LogP contribution in [0.25, 0.3) is 0 Å². The van der Waals surface area contributed by atoms with Crippen LogP contribution >= 0.6 is 0 Å². The first-order valence-corrected chi connectivity index (χ1v) is 5.83. The maximum Gasteiger partial charge on any atom is 0.0249 e. The maximum atomic E-state index is 3.49. The van der Waals surface area contributed by atoms with Crippen molar-refractivity contribution in [2.24, 2.45) is 0 Å². The van der Waals surface area contributed by atoms with E-state index in [1.165, 1.54) is 51.6 Å². The lowest BCUT2D eigenvalue weighted by atomic mass is 9.89. The molecule has 2 nitrogen and oxygen atoms in total. The number of nitrogens with zero attached hydrogens (tertiary/aromatic N) is 1. The van der Waals surface area contributed by atoms with Crippen molar-refractivity contribution in [2.75, 3.05) is 20.1 Å². The monoisotopic (exact) mass is 182 g/mol. The van der Waals surface area contributed by atoms with Crippen molar-refractivity contribution in [3.8, 4) is 0 Å². The Kier molecular flexibility index (Phi) is 3.23. The molecular formula is C11H22N2. The normalized spacial score (nSPS) is 36.7. The summed E-state index contributed by atoms with van der Waals surface area (Å²) in [6.45, 7) is 2.70. The molecule has 2 aliphatic rings. The van der Waals surface area contributed by atoms with Crippen molar-refractivity contribution in [3.63, 3.8) is 0 Å². The van der Waals surface area contributed by atoms with Gasteiger partial charge in [-0.25, -0.2) is 0 Å². The van der Waals surface area contributed by atoms with E-state index in [2.05, 4.69) is 17.3 Å². The Morgan fingerprint density at radius 2 is 1.69 bits per heavy atom. The molecule has 1 aliphatic heterocycles. The van der Waals surface area contributed by atoms with Crippen LogP contribution in [0.15, 0.2) is 0 Å². The van der Waals surface area contributed by atoms with E-state index < -0.39 is 0 Å². The van der Waals surface area contributed by atoms with Gasteiger partial charge in [0, 0.05) is 12.1 Å². The highest BCUT2D eigenvalue weighted by molar-refractivity contribution is 4.88. The molecular weight excluding hydrogens is 160 g/mol. The van der Waals surface area contributed by atoms with Crippen molar-refractivity contribution >= 4 is 0 Å². The summed E-state index contributed by atoms with van der Waals surface area (Å²) in [6.07, 6.45) is 8.53. The Morgan fingerprint density at radius 3 is 2.38 bits per heavy atom. The van der Waals surface area contributed by atoms with Gasteiger partial charge in [0.25, 0.3) is 0 Å². The first kappa shape index (κ1) is 9.47. The predicted molar refractivity (Wildman–Crippen MR) is 55.9 cm³/mol. The molecule has 2 rings (SSSR count). The van der Waals surface area contributed by atoms with E-state index in [1.807, 2.05) is 0 Å². The highest BCUT2D eigenvalue weighted by Crippen LogP contribution is 2.25. The Bertz CT molecular complexity index is 150. The zero-order valence-corrected chi connectivity index (χ0v) is 8.76. The summed E-state index contributed by atoms with van der Waals surface area (Å²) < 4.78 is 0. The minimum absolute atomic E-state index is 0.770. The summed E-state index contributed by atoms with van der Waals surface area (Å²) in [7, 11) is 2.12. The number of hydrogen-bond acceptors (Lipinski definition) is 2. The molecule has 1 heterocycles. The molecule has 2 heteroatoms. The SMILES string of the molecule is CN[C@H]1CCCCC1N1CCCC1. The van der Waals surface area contributed by atoms with Crippen molar-refractivity contribution in [1.29, 1.82) is 0 Å². The zero-order valence-electron chi connectivity index (χ0n) is 8.76. The number of nitrogens with one attached hydrogen (secondary N) is 1. The molecule has 0 radical (unpaired) electrons. The van der Waals surface area contributed by atoms with Gasteiger partial charge in [0.05, 0.1) is 0 Å². The molecule has 2 fully saturated rings. The molecule has 1 saturated carbocycles. The molecule has 1 aliphatic carbocycles. The van der Waals surface area contributed by atoms with Gasteiger partial charge in [-0.3, -0.25) is 4.90 Å². The first-order valence-electron chi connectivity index (χ1n) is 5.83. The van der Waals surface area contributed by atoms with Crippen molar-refractivity contribution in [2.45, 2.75) is 50.6 Å². The van der Waals surface area contributed by atoms with Gasteiger partial charge in [-0.1, -0.05) is 12.8 Å². The van der Waals surface area contributed by atoms with Crippen molar-refractivity contribution in [1.82, 2.24) is 10.2 Å². The largest absolute Gasteiger partial charge is 0.315 e. The van der Waals surface area contributed by atoms with Crippen molar-refractivity contribution in [3.05, 3.63) is 0 Å². The average molecular weight is 182 g/mol. The van der Waals surface area contributed by atoms with Crippen LogP contribution in [0.3, 0.4) is 0 Å². The van der Waals surface area contributed by atoms with Gasteiger partial charge in [0.15, 0.2) is 0 Å². The third-order valence-corrected chi connectivity index (χ3v) is 3.71. The van der Waals surface area contributed by atoms with Gasteiger partial charge in [-0.15, -0.1) is 0 Å². The molecule has 1 unspecified atom stereocenters. The van der Waals surface area contributed by atoms with Gasteiger partial charge >= 0.3 is 0 Å². The van der Waals surface area contributed by atoms with Crippen LogP contribution < -0.4 is 5.32 Å². The Morgan fingerprint density at radius 1 is 1.00 bits per heavy atom. The number of likely N-dealkylation sites (N-methyl/N-ethyl adjacent to an activating group) is 1. The van der Waals surface area contributed by atoms with Gasteiger partial charge in [-0.2, -0.15) is 0 Å². The molecule has 0 bridgehead atoms. The van der Waals surface area contributed by atoms with Crippen LogP contribution in [0.4, 0.5) is 0 Å². The molecule has 0 aromatic heterocycles. The molecule has 13 heavy (non-hydrogen) atoms. The number of likely N-dealkylation sites (tertiary alicyclic amines) is 1. The molecule has 0 spiro atoms. The van der Waals surface area contributed by atoms with E-state index in [0.717, 1.165) is 12.1 Å². The van der Waals surface area contributed by atoms with Crippen LogP contribution in [0.2, 0.25) is 0 Å². The molecule has 1 saturated heterocycles. The number of rotatable bonds is 2. The summed E-state index contributed by atoms with van der Waals surface area (Å²) in [4.78, 5) is 2.71. The van der Waals surface area contributed by atoms with Gasteiger partial charge in [-0.05, 0) is 45.8 Å². The lowest BCUT2D eigenvalue weighted by Crippen LogP contribution is -2.49. The van der Waals surface area contributed by atoms with Crippen LogP contribution in [-0.2, 0) is 0 Å². The Hall–Kier alpha value is -0.0800. The smallest absolute Gasteiger partial charge is 0.0249 e. The maximum absolute atomic E-state index is 3.49. The predicted octanol–water partition coefficient (Wildman–Crippen LogP) is 1.61. The lowest BCUT2D eigenvalue weighted by Gasteiger charge is -2.37. The van der Waals surface area contributed by atoms with Crippen LogP contribution in [-0.4, -0.2) is 37.1 Å². The second-order valence-electron chi connectivity index (χ2n) is 4.49. The van der Waals surface area contributed by atoms with E-state index in [9.17, 15) is 0 Å². The van der Waals surface area contributed by atoms with E-state index in [1.54, 1.807) is 0 Å². The first-order chi connectivity index (χ1) is 6.42. The summed E-state index contributed by atoms with van der Waals surface area (Å²) in [5.41, 5.74) is 0. The molecule has 0 amide bonds. The topological polar surface area (TPSA) is 15.3 Å². The highest BCUT2D eigenvalue weighted by atomic mass is 15.2. The summed E-state index contributed by atoms with van der Waals surface area (Å²) in [6, 6.07) is 1.62. The summed E-state index contributed by atoms with van der Waals surface area (Å²) >= 11 is 0. The fourth-order valence-corrected chi connectivity index (χ4v) is 2.96. The molecule has 0 aromatic rings. The van der Waals surface area contributed by atoms with Gasteiger partial charge in [0.1, 0.15) is 0 Å². The Balaban J connectivity index is 1.93. The summed E-state index contributed by atoms with van der Waals surface area (Å²) in [5.74, 6) is 0. The van der Waals surface area contributed by atoms with Crippen LogP contribution in [0.1, 0.15) is 38.5 Å². The molecule has 76 valence electrons. The third-order valence-electron chi connectivity index (χ3n) is 3.71. The average Bonchev–Trinajstić information content (AvgIpc) is 2.70. The highest BCUT2D eigenvalue weighted by Gasteiger charge is 2.30. The van der Waals surface area contributed by atoms with Crippen molar-refractivity contribution < 1.29 is 0 Å². The van der Waals surface area contributed by atoms with Gasteiger partial charge in [0.2, 0.25) is 0 Å². The third kappa shape index (κ3) is 2.05. The zero-order chi connectivity index (χ0) is 9.10. The standard InChI is InChI=1S/C11H22N2/c1-12-10-6-2-3-7-11(10)13-8-4-5-9-13/h10-12H,2-9H2,1H3/t10-,11?/m0/s1. The van der Waals surface area contributed by atoms with E-state index in [4.69, 9.17) is 0 Å². The van der Waals surface area contributed by atoms with Crippen LogP contribution in [0, 0.1) is 0 Å². The minimum atomic E-state index is 0.770. The molecule has 1 N–H and O–H groups in total. The fourth-order valence-electron chi connectivity index (χ4n) is 2.96. The number of hydrogen-bond donors (Lipinski definition) is 1. The Labute approximate surface area is 81.7 Å². The minimum Gasteiger partial charge on any atom is -0.315 e. The molecule has 2 atom stereocenters. The molecule has 0 aromatic carbocycles. The van der Waals surface area contributed by atoms with Gasteiger partial charge < -0.3 is 5.32 Å². The second-order valence-corrected chi connectivity index (χ2v) is 4.49. The second kappa shape index (κ2) is 4.43. The summed E-state index contributed by atoms with van der Waals surface area (Å²) in [5, 5.41) is 3.49. The quantitative estimate of drug-likeness (QED) is 0.698. The van der Waals surface area contributed by atoms with E-state index in [0.29, 0.717) is 0 Å². The van der Waals surface area contributed by atoms with E-state index >= 15 is 0 Å². The fraction of sp³-hybridized carbons (Fsp3) is 1.00. The lowest BCUT2D eigenvalue weighted by molar-refractivity contribution is 0.153. The van der Waals surface area contributed by atoms with E-state index in [-0.39, 0.29) is 0 Å².